The maximum atomic E-state index is 13.1. The highest BCUT2D eigenvalue weighted by atomic mass is 32.2. The molecule has 2 saturated carbocycles. The van der Waals surface area contributed by atoms with Crippen LogP contribution in [0.1, 0.15) is 77.0 Å². The molecular formula is C21H28O6S2. The van der Waals surface area contributed by atoms with E-state index in [0.717, 1.165) is 38.5 Å². The second-order valence-corrected chi connectivity index (χ2v) is 13.6. The number of carbonyl (C=O) groups is 1. The van der Waals surface area contributed by atoms with Crippen LogP contribution in [0.25, 0.3) is 0 Å². The van der Waals surface area contributed by atoms with Gasteiger partial charge >= 0.3 is 0 Å². The van der Waals surface area contributed by atoms with Crippen molar-refractivity contribution in [2.45, 2.75) is 86.5 Å². The number of allylic oxidation sites excluding steroid dienone is 5. The van der Waals surface area contributed by atoms with Crippen molar-refractivity contribution in [2.24, 2.45) is 0 Å². The van der Waals surface area contributed by atoms with E-state index < -0.39 is 35.0 Å². The van der Waals surface area contributed by atoms with E-state index in [1.54, 1.807) is 0 Å². The summed E-state index contributed by atoms with van der Waals surface area (Å²) in [6.07, 6.45) is 11.2. The van der Waals surface area contributed by atoms with Gasteiger partial charge in [-0.3, -0.25) is 4.79 Å². The first-order valence-corrected chi connectivity index (χ1v) is 13.4. The first kappa shape index (κ1) is 20.8. The van der Waals surface area contributed by atoms with Gasteiger partial charge in [0.2, 0.25) is 0 Å². The lowest BCUT2D eigenvalue weighted by atomic mass is 9.85. The zero-order valence-corrected chi connectivity index (χ0v) is 18.2. The molecule has 8 heteroatoms. The summed E-state index contributed by atoms with van der Waals surface area (Å²) >= 11 is 0. The third-order valence-electron chi connectivity index (χ3n) is 7.28. The lowest BCUT2D eigenvalue weighted by molar-refractivity contribution is -0.115. The first-order valence-electron chi connectivity index (χ1n) is 10.5. The van der Waals surface area contributed by atoms with Crippen LogP contribution in [0, 0.1) is 0 Å². The van der Waals surface area contributed by atoms with E-state index in [-0.39, 0.29) is 28.4 Å². The Hall–Kier alpha value is -1.41. The lowest BCUT2D eigenvalue weighted by Gasteiger charge is -2.32. The number of aliphatic hydroxyl groups is 1. The zero-order chi connectivity index (χ0) is 20.9. The van der Waals surface area contributed by atoms with Gasteiger partial charge in [0.15, 0.2) is 25.5 Å². The molecule has 1 saturated heterocycles. The number of sulfone groups is 2. The van der Waals surface area contributed by atoms with Crippen molar-refractivity contribution in [1.29, 1.82) is 0 Å². The summed E-state index contributed by atoms with van der Waals surface area (Å²) in [5, 5.41) is 10.3. The summed E-state index contributed by atoms with van der Waals surface area (Å²) in [5.41, 5.74) is 0. The van der Waals surface area contributed by atoms with E-state index >= 15 is 0 Å². The predicted molar refractivity (Wildman–Crippen MR) is 111 cm³/mol. The van der Waals surface area contributed by atoms with Crippen LogP contribution >= 0.6 is 0 Å². The van der Waals surface area contributed by atoms with Gasteiger partial charge in [-0.2, -0.15) is 0 Å². The van der Waals surface area contributed by atoms with Gasteiger partial charge in [0, 0.05) is 12.8 Å². The van der Waals surface area contributed by atoms with Gasteiger partial charge in [-0.05, 0) is 37.8 Å². The Morgan fingerprint density at radius 3 is 1.83 bits per heavy atom. The Morgan fingerprint density at radius 2 is 1.28 bits per heavy atom. The average Bonchev–Trinajstić information content (AvgIpc) is 2.96. The van der Waals surface area contributed by atoms with Crippen LogP contribution < -0.4 is 0 Å². The van der Waals surface area contributed by atoms with Crippen LogP contribution in [0.4, 0.5) is 0 Å². The summed E-state index contributed by atoms with van der Waals surface area (Å²) in [6, 6.07) is 0. The maximum absolute atomic E-state index is 13.1. The third kappa shape index (κ3) is 3.05. The molecule has 4 aliphatic rings. The summed E-state index contributed by atoms with van der Waals surface area (Å²) in [7, 11) is -7.42. The van der Waals surface area contributed by atoms with Crippen molar-refractivity contribution in [1.82, 2.24) is 0 Å². The highest BCUT2D eigenvalue weighted by molar-refractivity contribution is 7.98. The lowest BCUT2D eigenvalue weighted by Crippen LogP contribution is -2.37. The monoisotopic (exact) mass is 440 g/mol. The van der Waals surface area contributed by atoms with E-state index in [0.29, 0.717) is 25.7 Å². The van der Waals surface area contributed by atoms with Crippen LogP contribution in [-0.4, -0.2) is 37.2 Å². The average molecular weight is 441 g/mol. The van der Waals surface area contributed by atoms with Crippen molar-refractivity contribution in [2.75, 3.05) is 0 Å². The molecule has 0 bridgehead atoms. The van der Waals surface area contributed by atoms with Gasteiger partial charge in [-0.15, -0.1) is 0 Å². The molecule has 2 aliphatic heterocycles. The van der Waals surface area contributed by atoms with Gasteiger partial charge in [0.05, 0.1) is 9.49 Å². The molecule has 29 heavy (non-hydrogen) atoms. The van der Waals surface area contributed by atoms with Gasteiger partial charge in [0.1, 0.15) is 15.6 Å². The molecular weight excluding hydrogens is 412 g/mol. The minimum absolute atomic E-state index is 0.0182. The Morgan fingerprint density at radius 1 is 0.759 bits per heavy atom. The van der Waals surface area contributed by atoms with Crippen LogP contribution in [0.5, 0.6) is 0 Å². The molecule has 0 amide bonds. The highest BCUT2D eigenvalue weighted by Gasteiger charge is 2.55. The number of rotatable bonds is 2. The highest BCUT2D eigenvalue weighted by Crippen LogP contribution is 2.49. The molecule has 0 aromatic carbocycles. The number of hydrogen-bond acceptors (Lipinski definition) is 6. The number of Topliss-reactive ketones (excluding diaryl/α,β-unsaturated/α-hetero) is 1. The molecule has 6 nitrogen and oxygen atoms in total. The number of hydrogen-bond donors (Lipinski definition) is 1. The van der Waals surface area contributed by atoms with Gasteiger partial charge in [-0.25, -0.2) is 16.8 Å². The van der Waals surface area contributed by atoms with E-state index in [2.05, 4.69) is 0 Å². The fourth-order valence-electron chi connectivity index (χ4n) is 5.61. The molecule has 2 heterocycles. The molecule has 1 N–H and O–H groups in total. The third-order valence-corrected chi connectivity index (χ3v) is 12.6. The summed E-state index contributed by atoms with van der Waals surface area (Å²) in [4.78, 5) is 12.1. The molecule has 0 atom stereocenters. The first-order chi connectivity index (χ1) is 13.7. The van der Waals surface area contributed by atoms with Crippen molar-refractivity contribution < 1.29 is 26.7 Å². The largest absolute Gasteiger partial charge is 0.511 e. The molecule has 0 radical (unpaired) electrons. The summed E-state index contributed by atoms with van der Waals surface area (Å²) in [5.74, 6) is -0.557. The standard InChI is InChI=1S/C21H28O6S2/c22-16-14-20(10-3-1-4-11-20)28(24,25)18(16)8-7-9-19-17(23)15-21(29(19,26)27)12-5-2-6-13-21/h7-9,22H,1-6,10-15H2/b8-7+,19-9+. The topological polar surface area (TPSA) is 106 Å². The smallest absolute Gasteiger partial charge is 0.188 e. The zero-order valence-electron chi connectivity index (χ0n) is 16.5. The molecule has 3 fully saturated rings. The fourth-order valence-corrected chi connectivity index (χ4v) is 10.1. The quantitative estimate of drug-likeness (QED) is 0.655. The molecule has 0 aromatic rings. The molecule has 0 aromatic heterocycles. The molecule has 2 aliphatic carbocycles. The van der Waals surface area contributed by atoms with E-state index in [1.807, 2.05) is 0 Å². The minimum Gasteiger partial charge on any atom is -0.511 e. The Kier molecular flexibility index (Phi) is 5.09. The van der Waals surface area contributed by atoms with E-state index in [1.165, 1.54) is 18.2 Å². The van der Waals surface area contributed by atoms with Gasteiger partial charge < -0.3 is 5.11 Å². The fraction of sp³-hybridized carbons (Fsp3) is 0.667. The van der Waals surface area contributed by atoms with E-state index in [9.17, 15) is 26.7 Å². The maximum Gasteiger partial charge on any atom is 0.188 e. The minimum atomic E-state index is -3.73. The number of aliphatic hydroxyl groups excluding tert-OH is 1. The van der Waals surface area contributed by atoms with Crippen molar-refractivity contribution in [3.8, 4) is 0 Å². The predicted octanol–water partition coefficient (Wildman–Crippen LogP) is 3.81. The van der Waals surface area contributed by atoms with Crippen molar-refractivity contribution in [3.63, 3.8) is 0 Å². The van der Waals surface area contributed by atoms with Crippen LogP contribution in [-0.2, 0) is 24.5 Å². The number of carbonyl (C=O) groups excluding carboxylic acids is 1. The van der Waals surface area contributed by atoms with Gasteiger partial charge in [-0.1, -0.05) is 44.6 Å². The molecule has 2 spiro atoms. The summed E-state index contributed by atoms with van der Waals surface area (Å²) in [6.45, 7) is 0. The SMILES string of the molecule is O=C1CC2(CCCCC2)S(=O)(=O)/C1=C/C=C/C1=C(O)CC2(CCCCC2)S1(=O)=O. The van der Waals surface area contributed by atoms with E-state index in [4.69, 9.17) is 0 Å². The van der Waals surface area contributed by atoms with Crippen molar-refractivity contribution in [3.05, 3.63) is 33.8 Å². The Bertz CT molecular complexity index is 1020. The second-order valence-electron chi connectivity index (χ2n) is 8.97. The number of ketones is 1. The van der Waals surface area contributed by atoms with Crippen LogP contribution in [0.3, 0.4) is 0 Å². The second kappa shape index (κ2) is 7.08. The summed E-state index contributed by atoms with van der Waals surface area (Å²) < 4.78 is 50.3. The molecule has 160 valence electrons. The van der Waals surface area contributed by atoms with Gasteiger partial charge in [0.25, 0.3) is 0 Å². The molecule has 0 unspecified atom stereocenters. The van der Waals surface area contributed by atoms with Crippen LogP contribution in [0.2, 0.25) is 0 Å². The van der Waals surface area contributed by atoms with Crippen molar-refractivity contribution >= 4 is 25.5 Å². The normalized spacial score (nSPS) is 31.4. The molecule has 4 rings (SSSR count). The Balaban J connectivity index is 1.62. The Labute approximate surface area is 172 Å². The van der Waals surface area contributed by atoms with Crippen LogP contribution in [0.15, 0.2) is 33.8 Å².